The minimum absolute atomic E-state index is 0.0126. The first-order valence-corrected chi connectivity index (χ1v) is 10.7. The van der Waals surface area contributed by atoms with E-state index >= 15 is 0 Å². The standard InChI is InChI=1S/C18H27N3O3S/c1-12-9-16-10-14(6-7-17(16)21(12)25(3,23)24)18(22)20-8-4-5-15(11-20)13(2)19/h6-7,10,12-13,15H,4-5,8-9,11,19H2,1-3H3/t12-,13-,15-/m0/s1. The van der Waals surface area contributed by atoms with Crippen LogP contribution in [-0.4, -0.2) is 50.7 Å². The number of nitrogens with two attached hydrogens (primary N) is 1. The predicted octanol–water partition coefficient (Wildman–Crippen LogP) is 1.60. The Kier molecular flexibility index (Phi) is 4.81. The third-order valence-electron chi connectivity index (χ3n) is 5.33. The van der Waals surface area contributed by atoms with E-state index in [1.165, 1.54) is 10.6 Å². The molecule has 1 amide bonds. The van der Waals surface area contributed by atoms with Gasteiger partial charge in [0.2, 0.25) is 10.0 Å². The van der Waals surface area contributed by atoms with Gasteiger partial charge in [0.25, 0.3) is 5.91 Å². The van der Waals surface area contributed by atoms with Crippen molar-refractivity contribution in [1.29, 1.82) is 0 Å². The van der Waals surface area contributed by atoms with E-state index in [0.717, 1.165) is 24.9 Å². The summed E-state index contributed by atoms with van der Waals surface area (Å²) in [6, 6.07) is 5.33. The number of nitrogens with zero attached hydrogens (tertiary/aromatic N) is 2. The molecular weight excluding hydrogens is 338 g/mol. The van der Waals surface area contributed by atoms with E-state index in [-0.39, 0.29) is 18.0 Å². The summed E-state index contributed by atoms with van der Waals surface area (Å²) in [5.41, 5.74) is 8.26. The highest BCUT2D eigenvalue weighted by atomic mass is 32.2. The van der Waals surface area contributed by atoms with Gasteiger partial charge in [-0.3, -0.25) is 9.10 Å². The van der Waals surface area contributed by atoms with Gasteiger partial charge in [-0.1, -0.05) is 0 Å². The number of carbonyl (C=O) groups excluding carboxylic acids is 1. The molecule has 0 radical (unpaired) electrons. The van der Waals surface area contributed by atoms with Gasteiger partial charge in [-0.05, 0) is 62.8 Å². The molecule has 0 aliphatic carbocycles. The Morgan fingerprint density at radius 1 is 1.36 bits per heavy atom. The molecule has 0 spiro atoms. The van der Waals surface area contributed by atoms with Crippen molar-refractivity contribution in [3.63, 3.8) is 0 Å². The fraction of sp³-hybridized carbons (Fsp3) is 0.611. The smallest absolute Gasteiger partial charge is 0.253 e. The van der Waals surface area contributed by atoms with E-state index in [1.807, 2.05) is 24.8 Å². The maximum absolute atomic E-state index is 12.9. The number of amides is 1. The molecule has 2 N–H and O–H groups in total. The summed E-state index contributed by atoms with van der Waals surface area (Å²) >= 11 is 0. The monoisotopic (exact) mass is 365 g/mol. The molecule has 0 unspecified atom stereocenters. The molecule has 2 aliphatic heterocycles. The lowest BCUT2D eigenvalue weighted by Gasteiger charge is -2.34. The number of hydrogen-bond acceptors (Lipinski definition) is 4. The number of sulfonamides is 1. The first-order valence-electron chi connectivity index (χ1n) is 8.85. The minimum atomic E-state index is -3.31. The van der Waals surface area contributed by atoms with Crippen molar-refractivity contribution in [2.45, 2.75) is 45.2 Å². The Morgan fingerprint density at radius 2 is 2.08 bits per heavy atom. The van der Waals surface area contributed by atoms with Crippen molar-refractivity contribution in [2.75, 3.05) is 23.7 Å². The summed E-state index contributed by atoms with van der Waals surface area (Å²) < 4.78 is 25.5. The molecule has 1 aromatic rings. The molecule has 138 valence electrons. The maximum atomic E-state index is 12.9. The largest absolute Gasteiger partial charge is 0.338 e. The number of carbonyl (C=O) groups is 1. The van der Waals surface area contributed by atoms with Gasteiger partial charge in [-0.2, -0.15) is 0 Å². The van der Waals surface area contributed by atoms with E-state index < -0.39 is 10.0 Å². The molecule has 2 aliphatic rings. The van der Waals surface area contributed by atoms with E-state index in [0.29, 0.717) is 30.1 Å². The molecule has 1 saturated heterocycles. The van der Waals surface area contributed by atoms with Crippen molar-refractivity contribution in [2.24, 2.45) is 11.7 Å². The van der Waals surface area contributed by atoms with Crippen molar-refractivity contribution in [1.82, 2.24) is 4.90 Å². The highest BCUT2D eigenvalue weighted by molar-refractivity contribution is 7.92. The van der Waals surface area contributed by atoms with Crippen molar-refractivity contribution >= 4 is 21.6 Å². The average molecular weight is 365 g/mol. The van der Waals surface area contributed by atoms with Gasteiger partial charge in [-0.25, -0.2) is 8.42 Å². The second-order valence-corrected chi connectivity index (χ2v) is 9.33. The number of benzene rings is 1. The van der Waals surface area contributed by atoms with Gasteiger partial charge in [0.1, 0.15) is 0 Å². The van der Waals surface area contributed by atoms with Crippen LogP contribution in [0.25, 0.3) is 0 Å². The van der Waals surface area contributed by atoms with Crippen LogP contribution in [-0.2, 0) is 16.4 Å². The Hall–Kier alpha value is -1.60. The number of anilines is 1. The van der Waals surface area contributed by atoms with Gasteiger partial charge < -0.3 is 10.6 Å². The Labute approximate surface area is 150 Å². The van der Waals surface area contributed by atoms with E-state index in [2.05, 4.69) is 0 Å². The normalized spacial score (nSPS) is 25.0. The SMILES string of the molecule is C[C@H](N)[C@H]1CCCN(C(=O)c2ccc3c(c2)C[C@H](C)N3S(C)(=O)=O)C1. The molecular formula is C18H27N3O3S. The summed E-state index contributed by atoms with van der Waals surface area (Å²) in [6.45, 7) is 5.33. The molecule has 0 saturated carbocycles. The lowest BCUT2D eigenvalue weighted by atomic mass is 9.91. The average Bonchev–Trinajstić information content (AvgIpc) is 2.89. The van der Waals surface area contributed by atoms with Crippen LogP contribution in [0.2, 0.25) is 0 Å². The lowest BCUT2D eigenvalue weighted by molar-refractivity contribution is 0.0661. The van der Waals surface area contributed by atoms with E-state index in [9.17, 15) is 13.2 Å². The van der Waals surface area contributed by atoms with Crippen molar-refractivity contribution < 1.29 is 13.2 Å². The summed E-state index contributed by atoms with van der Waals surface area (Å²) in [5.74, 6) is 0.353. The van der Waals surface area contributed by atoms with Crippen LogP contribution >= 0.6 is 0 Å². The zero-order valence-electron chi connectivity index (χ0n) is 15.1. The highest BCUT2D eigenvalue weighted by Gasteiger charge is 2.33. The Bertz CT molecular complexity index is 776. The van der Waals surface area contributed by atoms with Gasteiger partial charge in [0, 0.05) is 30.7 Å². The zero-order chi connectivity index (χ0) is 18.4. The van der Waals surface area contributed by atoms with Crippen LogP contribution < -0.4 is 10.0 Å². The predicted molar refractivity (Wildman–Crippen MR) is 99.2 cm³/mol. The third-order valence-corrected chi connectivity index (χ3v) is 6.60. The summed E-state index contributed by atoms with van der Waals surface area (Å²) in [6.07, 6.45) is 3.89. The second-order valence-electron chi connectivity index (χ2n) is 7.47. The van der Waals surface area contributed by atoms with Crippen LogP contribution in [0.4, 0.5) is 5.69 Å². The number of hydrogen-bond donors (Lipinski definition) is 1. The molecule has 7 heteroatoms. The number of rotatable bonds is 3. The minimum Gasteiger partial charge on any atom is -0.338 e. The lowest BCUT2D eigenvalue weighted by Crippen LogP contribution is -2.45. The van der Waals surface area contributed by atoms with Gasteiger partial charge in [0.15, 0.2) is 0 Å². The van der Waals surface area contributed by atoms with Crippen LogP contribution in [0, 0.1) is 5.92 Å². The van der Waals surface area contributed by atoms with E-state index in [1.54, 1.807) is 12.1 Å². The van der Waals surface area contributed by atoms with E-state index in [4.69, 9.17) is 5.73 Å². The Morgan fingerprint density at radius 3 is 2.72 bits per heavy atom. The fourth-order valence-electron chi connectivity index (χ4n) is 4.05. The molecule has 0 bridgehead atoms. The molecule has 3 rings (SSSR count). The first-order chi connectivity index (χ1) is 11.7. The Balaban J connectivity index is 1.84. The number of likely N-dealkylation sites (tertiary alicyclic amines) is 1. The third kappa shape index (κ3) is 3.53. The zero-order valence-corrected chi connectivity index (χ0v) is 15.9. The van der Waals surface area contributed by atoms with Crippen LogP contribution in [0.15, 0.2) is 18.2 Å². The molecule has 0 aromatic heterocycles. The number of fused-ring (bicyclic) bond motifs is 1. The molecule has 2 heterocycles. The quantitative estimate of drug-likeness (QED) is 0.882. The van der Waals surface area contributed by atoms with Crippen LogP contribution in [0.3, 0.4) is 0 Å². The second kappa shape index (κ2) is 6.61. The van der Waals surface area contributed by atoms with Gasteiger partial charge >= 0.3 is 0 Å². The molecule has 6 nitrogen and oxygen atoms in total. The molecule has 25 heavy (non-hydrogen) atoms. The van der Waals surface area contributed by atoms with Crippen LogP contribution in [0.5, 0.6) is 0 Å². The van der Waals surface area contributed by atoms with Crippen molar-refractivity contribution in [3.8, 4) is 0 Å². The fourth-order valence-corrected chi connectivity index (χ4v) is 5.31. The highest BCUT2D eigenvalue weighted by Crippen LogP contribution is 2.35. The van der Waals surface area contributed by atoms with Crippen LogP contribution in [0.1, 0.15) is 42.6 Å². The van der Waals surface area contributed by atoms with Gasteiger partial charge in [-0.15, -0.1) is 0 Å². The summed E-state index contributed by atoms with van der Waals surface area (Å²) in [5, 5.41) is 0. The summed E-state index contributed by atoms with van der Waals surface area (Å²) in [4.78, 5) is 14.8. The van der Waals surface area contributed by atoms with Crippen molar-refractivity contribution in [3.05, 3.63) is 29.3 Å². The topological polar surface area (TPSA) is 83.7 Å². The number of piperidine rings is 1. The molecule has 3 atom stereocenters. The first kappa shape index (κ1) is 18.2. The molecule has 1 aromatic carbocycles. The maximum Gasteiger partial charge on any atom is 0.253 e. The summed E-state index contributed by atoms with van der Waals surface area (Å²) in [7, 11) is -3.31. The molecule has 1 fully saturated rings. The van der Waals surface area contributed by atoms with Gasteiger partial charge in [0.05, 0.1) is 11.9 Å².